The standard InChI is InChI=1S/C22H36O8/c1-13(19(25)26)15-6-9-21(4,28)17-8-11-22(5,30-17)18(29-14(2)23)7-10-20(3,27)16(24)12-15/h15-18,24,27-28H,1,6-12H2,2-5H3,(H,25,26). The van der Waals surface area contributed by atoms with E-state index in [0.29, 0.717) is 12.8 Å². The molecule has 2 rings (SSSR count). The molecule has 0 aromatic rings. The average Bonchev–Trinajstić information content (AvgIpc) is 3.04. The number of carboxylic acid groups (broad SMARTS) is 1. The fraction of sp³-hybridized carbons (Fsp3) is 0.818. The van der Waals surface area contributed by atoms with Crippen LogP contribution in [0.15, 0.2) is 12.2 Å². The van der Waals surface area contributed by atoms with Crippen molar-refractivity contribution in [2.75, 3.05) is 0 Å². The molecule has 2 fully saturated rings. The number of carbonyl (C=O) groups excluding carboxylic acids is 1. The van der Waals surface area contributed by atoms with Crippen LogP contribution in [-0.2, 0) is 19.1 Å². The third-order valence-corrected chi connectivity index (χ3v) is 6.90. The lowest BCUT2D eigenvalue weighted by atomic mass is 9.78. The molecule has 0 aromatic carbocycles. The zero-order valence-corrected chi connectivity index (χ0v) is 18.4. The van der Waals surface area contributed by atoms with Crippen molar-refractivity contribution in [3.63, 3.8) is 0 Å². The van der Waals surface area contributed by atoms with Crippen molar-refractivity contribution in [1.82, 2.24) is 0 Å². The number of aliphatic hydroxyl groups excluding tert-OH is 1. The highest BCUT2D eigenvalue weighted by Crippen LogP contribution is 2.43. The highest BCUT2D eigenvalue weighted by atomic mass is 16.6. The van der Waals surface area contributed by atoms with Gasteiger partial charge in [-0.25, -0.2) is 4.79 Å². The van der Waals surface area contributed by atoms with Crippen LogP contribution in [-0.4, -0.2) is 67.5 Å². The minimum absolute atomic E-state index is 0.00473. The van der Waals surface area contributed by atoms with E-state index in [2.05, 4.69) is 6.58 Å². The summed E-state index contributed by atoms with van der Waals surface area (Å²) >= 11 is 0. The fourth-order valence-electron chi connectivity index (χ4n) is 4.57. The molecule has 2 heterocycles. The van der Waals surface area contributed by atoms with Crippen LogP contribution in [0.5, 0.6) is 0 Å². The molecule has 30 heavy (non-hydrogen) atoms. The first-order valence-electron chi connectivity index (χ1n) is 10.6. The minimum Gasteiger partial charge on any atom is -0.478 e. The number of ether oxygens (including phenoxy) is 2. The van der Waals surface area contributed by atoms with Crippen LogP contribution in [0, 0.1) is 5.92 Å². The number of carboxylic acids is 1. The summed E-state index contributed by atoms with van der Waals surface area (Å²) in [5.41, 5.74) is -3.66. The summed E-state index contributed by atoms with van der Waals surface area (Å²) in [6.45, 7) is 9.91. The molecule has 8 heteroatoms. The topological polar surface area (TPSA) is 134 Å². The van der Waals surface area contributed by atoms with Gasteiger partial charge in [0.1, 0.15) is 11.7 Å². The predicted molar refractivity (Wildman–Crippen MR) is 109 cm³/mol. The van der Waals surface area contributed by atoms with E-state index in [4.69, 9.17) is 9.47 Å². The van der Waals surface area contributed by atoms with Gasteiger partial charge in [0.15, 0.2) is 0 Å². The highest BCUT2D eigenvalue weighted by molar-refractivity contribution is 5.86. The third-order valence-electron chi connectivity index (χ3n) is 6.90. The molecule has 2 aliphatic heterocycles. The number of rotatable bonds is 3. The molecule has 172 valence electrons. The fourth-order valence-corrected chi connectivity index (χ4v) is 4.57. The Morgan fingerprint density at radius 3 is 2.20 bits per heavy atom. The highest BCUT2D eigenvalue weighted by Gasteiger charge is 2.50. The number of carbonyl (C=O) groups is 2. The molecule has 2 saturated heterocycles. The molecule has 0 spiro atoms. The molecule has 0 amide bonds. The second-order valence-corrected chi connectivity index (χ2v) is 9.63. The summed E-state index contributed by atoms with van der Waals surface area (Å²) < 4.78 is 11.7. The Balaban J connectivity index is 2.38. The lowest BCUT2D eigenvalue weighted by molar-refractivity contribution is -0.185. The molecule has 0 aliphatic carbocycles. The summed E-state index contributed by atoms with van der Waals surface area (Å²) in [4.78, 5) is 23.2. The molecular weight excluding hydrogens is 392 g/mol. The molecule has 8 nitrogen and oxygen atoms in total. The second kappa shape index (κ2) is 8.94. The van der Waals surface area contributed by atoms with Crippen molar-refractivity contribution in [1.29, 1.82) is 0 Å². The number of hydrogen-bond donors (Lipinski definition) is 4. The van der Waals surface area contributed by atoms with E-state index in [1.54, 1.807) is 6.92 Å². The van der Waals surface area contributed by atoms with Crippen LogP contribution in [0.4, 0.5) is 0 Å². The zero-order chi connectivity index (χ0) is 22.9. The maximum Gasteiger partial charge on any atom is 0.331 e. The number of aliphatic carboxylic acids is 1. The van der Waals surface area contributed by atoms with E-state index in [0.717, 1.165) is 0 Å². The van der Waals surface area contributed by atoms with E-state index in [1.165, 1.54) is 13.8 Å². The number of hydrogen-bond acceptors (Lipinski definition) is 7. The van der Waals surface area contributed by atoms with Gasteiger partial charge in [-0.2, -0.15) is 0 Å². The molecular formula is C22H36O8. The predicted octanol–water partition coefficient (Wildman–Crippen LogP) is 1.94. The largest absolute Gasteiger partial charge is 0.478 e. The van der Waals surface area contributed by atoms with Gasteiger partial charge in [-0.1, -0.05) is 6.58 Å². The average molecular weight is 429 g/mol. The summed E-state index contributed by atoms with van der Waals surface area (Å²) in [6.07, 6.45) is -0.383. The van der Waals surface area contributed by atoms with E-state index < -0.39 is 53.0 Å². The van der Waals surface area contributed by atoms with Gasteiger partial charge in [0.05, 0.1) is 23.4 Å². The van der Waals surface area contributed by atoms with Crippen LogP contribution in [0.25, 0.3) is 0 Å². The van der Waals surface area contributed by atoms with E-state index in [1.807, 2.05) is 6.92 Å². The second-order valence-electron chi connectivity index (χ2n) is 9.63. The Hall–Kier alpha value is -1.48. The van der Waals surface area contributed by atoms with Crippen molar-refractivity contribution in [2.24, 2.45) is 5.92 Å². The lowest BCUT2D eigenvalue weighted by Crippen LogP contribution is -2.47. The van der Waals surface area contributed by atoms with Gasteiger partial charge in [0.25, 0.3) is 0 Å². The summed E-state index contributed by atoms with van der Waals surface area (Å²) in [7, 11) is 0. The number of esters is 1. The van der Waals surface area contributed by atoms with Gasteiger partial charge in [-0.15, -0.1) is 0 Å². The smallest absolute Gasteiger partial charge is 0.331 e. The van der Waals surface area contributed by atoms with Crippen molar-refractivity contribution >= 4 is 11.9 Å². The van der Waals surface area contributed by atoms with Gasteiger partial charge >= 0.3 is 11.9 Å². The molecule has 7 unspecified atom stereocenters. The quantitative estimate of drug-likeness (QED) is 0.396. The Bertz CT molecular complexity index is 670. The maximum absolute atomic E-state index is 11.7. The molecule has 2 aliphatic rings. The SMILES string of the molecule is C=C(C(=O)O)C1CCC(C)(O)C2CCC(C)(O2)C(OC(C)=O)CCC(C)(O)C(O)C1. The first kappa shape index (κ1) is 24.8. The van der Waals surface area contributed by atoms with Crippen molar-refractivity contribution in [3.8, 4) is 0 Å². The molecule has 7 atom stereocenters. The first-order chi connectivity index (χ1) is 13.7. The van der Waals surface area contributed by atoms with Gasteiger partial charge < -0.3 is 29.9 Å². The van der Waals surface area contributed by atoms with Crippen LogP contribution in [0.1, 0.15) is 72.6 Å². The monoisotopic (exact) mass is 428 g/mol. The summed E-state index contributed by atoms with van der Waals surface area (Å²) in [5.74, 6) is -2.26. The Morgan fingerprint density at radius 2 is 1.63 bits per heavy atom. The third kappa shape index (κ3) is 5.60. The number of fused-ring (bicyclic) bond motifs is 2. The van der Waals surface area contributed by atoms with E-state index in [-0.39, 0.29) is 37.7 Å². The molecule has 2 bridgehead atoms. The number of aliphatic hydroxyl groups is 3. The minimum atomic E-state index is -1.53. The van der Waals surface area contributed by atoms with Gasteiger partial charge in [-0.05, 0) is 71.6 Å². The first-order valence-corrected chi connectivity index (χ1v) is 10.6. The molecule has 0 aromatic heterocycles. The van der Waals surface area contributed by atoms with Crippen LogP contribution in [0.3, 0.4) is 0 Å². The van der Waals surface area contributed by atoms with E-state index in [9.17, 15) is 30.0 Å². The maximum atomic E-state index is 11.7. The lowest BCUT2D eigenvalue weighted by Gasteiger charge is -2.37. The molecule has 0 saturated carbocycles. The van der Waals surface area contributed by atoms with Crippen LogP contribution in [0.2, 0.25) is 0 Å². The zero-order valence-electron chi connectivity index (χ0n) is 18.4. The van der Waals surface area contributed by atoms with Gasteiger partial charge in [0, 0.05) is 12.5 Å². The summed E-state index contributed by atoms with van der Waals surface area (Å²) in [5, 5.41) is 42.1. The molecule has 4 N–H and O–H groups in total. The van der Waals surface area contributed by atoms with Crippen molar-refractivity contribution < 1.29 is 39.5 Å². The normalized spacial score (nSPS) is 43.0. The Labute approximate surface area is 177 Å². The Morgan fingerprint density at radius 1 is 1.03 bits per heavy atom. The van der Waals surface area contributed by atoms with Gasteiger partial charge in [0.2, 0.25) is 0 Å². The Kier molecular flexibility index (Phi) is 7.39. The van der Waals surface area contributed by atoms with Crippen molar-refractivity contribution in [3.05, 3.63) is 12.2 Å². The van der Waals surface area contributed by atoms with Crippen molar-refractivity contribution in [2.45, 2.75) is 108 Å². The van der Waals surface area contributed by atoms with Gasteiger partial charge in [-0.3, -0.25) is 4.79 Å². The van der Waals surface area contributed by atoms with Crippen LogP contribution < -0.4 is 0 Å². The molecule has 0 radical (unpaired) electrons. The summed E-state index contributed by atoms with van der Waals surface area (Å²) in [6, 6.07) is 0. The van der Waals surface area contributed by atoms with E-state index >= 15 is 0 Å². The van der Waals surface area contributed by atoms with Crippen LogP contribution >= 0.6 is 0 Å².